The maximum Gasteiger partial charge on any atom is 0.231 e. The molecule has 0 spiro atoms. The molecule has 5 heteroatoms. The largest absolute Gasteiger partial charge is 0.477 e. The molecule has 0 radical (unpaired) electrons. The Morgan fingerprint density at radius 1 is 1.21 bits per heavy atom. The molecule has 0 unspecified atom stereocenters. The number of ether oxygens (including phenoxy) is 3. The highest BCUT2D eigenvalue weighted by molar-refractivity contribution is 6.13. The Balaban J connectivity index is 1.53. The predicted molar refractivity (Wildman–Crippen MR) is 112 cm³/mol. The molecule has 0 atom stereocenters. The van der Waals surface area contributed by atoms with Crippen molar-refractivity contribution in [2.75, 3.05) is 27.0 Å². The van der Waals surface area contributed by atoms with E-state index in [1.807, 2.05) is 55.5 Å². The van der Waals surface area contributed by atoms with Crippen LogP contribution >= 0.6 is 0 Å². The molecule has 5 nitrogen and oxygen atoms in total. The van der Waals surface area contributed by atoms with Gasteiger partial charge in [-0.3, -0.25) is 9.69 Å². The van der Waals surface area contributed by atoms with Crippen molar-refractivity contribution in [3.63, 3.8) is 0 Å². The summed E-state index contributed by atoms with van der Waals surface area (Å²) < 4.78 is 17.0. The molecular formula is C24H25NO4. The van der Waals surface area contributed by atoms with E-state index >= 15 is 0 Å². The molecule has 0 aliphatic carbocycles. The summed E-state index contributed by atoms with van der Waals surface area (Å²) in [5.74, 6) is 1.70. The second kappa shape index (κ2) is 8.64. The number of nitrogens with zero attached hydrogens (tertiary/aromatic N) is 1. The molecule has 150 valence electrons. The fourth-order valence-corrected chi connectivity index (χ4v) is 3.70. The van der Waals surface area contributed by atoms with E-state index in [1.54, 1.807) is 13.2 Å². The van der Waals surface area contributed by atoms with Gasteiger partial charge in [0.25, 0.3) is 0 Å². The van der Waals surface area contributed by atoms with Crippen LogP contribution in [0.2, 0.25) is 0 Å². The van der Waals surface area contributed by atoms with E-state index in [4.69, 9.17) is 14.2 Å². The van der Waals surface area contributed by atoms with Crippen LogP contribution in [0.4, 0.5) is 0 Å². The molecule has 2 aromatic carbocycles. The fourth-order valence-electron chi connectivity index (χ4n) is 3.70. The third-order valence-corrected chi connectivity index (χ3v) is 5.16. The van der Waals surface area contributed by atoms with Gasteiger partial charge < -0.3 is 14.2 Å². The van der Waals surface area contributed by atoms with Crippen LogP contribution in [-0.4, -0.2) is 37.7 Å². The van der Waals surface area contributed by atoms with Gasteiger partial charge in [-0.05, 0) is 31.1 Å². The Morgan fingerprint density at radius 2 is 2.03 bits per heavy atom. The third-order valence-electron chi connectivity index (χ3n) is 5.16. The van der Waals surface area contributed by atoms with Crippen molar-refractivity contribution in [1.29, 1.82) is 0 Å². The molecule has 2 heterocycles. The molecule has 0 saturated heterocycles. The lowest BCUT2D eigenvalue weighted by molar-refractivity contribution is 0.0826. The van der Waals surface area contributed by atoms with Crippen molar-refractivity contribution in [1.82, 2.24) is 4.90 Å². The second-order valence-electron chi connectivity index (χ2n) is 7.27. The van der Waals surface area contributed by atoms with Gasteiger partial charge in [-0.1, -0.05) is 42.5 Å². The first-order chi connectivity index (χ1) is 14.2. The number of hydrogen-bond acceptors (Lipinski definition) is 5. The normalized spacial score (nSPS) is 17.3. The van der Waals surface area contributed by atoms with Gasteiger partial charge in [0.05, 0.1) is 5.56 Å². The molecule has 4 rings (SSSR count). The van der Waals surface area contributed by atoms with Crippen LogP contribution in [0.3, 0.4) is 0 Å². The van der Waals surface area contributed by atoms with Gasteiger partial charge in [-0.15, -0.1) is 0 Å². The summed E-state index contributed by atoms with van der Waals surface area (Å²) >= 11 is 0. The molecule has 0 aromatic heterocycles. The topological polar surface area (TPSA) is 48.0 Å². The number of Topliss-reactive ketones (excluding diaryl/α,β-unsaturated/α-hetero) is 1. The number of carbonyl (C=O) groups is 1. The number of allylic oxidation sites excluding steroid dienone is 3. The summed E-state index contributed by atoms with van der Waals surface area (Å²) in [6.07, 6.45) is 6.47. The van der Waals surface area contributed by atoms with E-state index in [2.05, 4.69) is 4.90 Å². The number of benzene rings is 2. The summed E-state index contributed by atoms with van der Waals surface area (Å²) in [7, 11) is 1.71. The summed E-state index contributed by atoms with van der Waals surface area (Å²) in [4.78, 5) is 15.1. The van der Waals surface area contributed by atoms with Crippen LogP contribution in [0.1, 0.15) is 33.5 Å². The van der Waals surface area contributed by atoms with E-state index in [0.717, 1.165) is 48.6 Å². The average Bonchev–Trinajstić information content (AvgIpc) is 3.05. The molecule has 29 heavy (non-hydrogen) atoms. The molecule has 0 amide bonds. The molecular weight excluding hydrogens is 366 g/mol. The summed E-state index contributed by atoms with van der Waals surface area (Å²) in [6, 6.07) is 11.9. The predicted octanol–water partition coefficient (Wildman–Crippen LogP) is 4.36. The Hall–Kier alpha value is -2.89. The maximum atomic E-state index is 12.9. The zero-order valence-electron chi connectivity index (χ0n) is 16.8. The van der Waals surface area contributed by atoms with E-state index in [9.17, 15) is 4.79 Å². The number of methoxy groups -OCH3 is 1. The van der Waals surface area contributed by atoms with Crippen molar-refractivity contribution < 1.29 is 19.0 Å². The van der Waals surface area contributed by atoms with Crippen LogP contribution in [0.15, 0.2) is 54.3 Å². The number of rotatable bonds is 6. The monoisotopic (exact) mass is 391 g/mol. The van der Waals surface area contributed by atoms with Crippen molar-refractivity contribution in [2.24, 2.45) is 0 Å². The number of fused-ring (bicyclic) bond motifs is 2. The van der Waals surface area contributed by atoms with Crippen LogP contribution in [-0.2, 0) is 11.3 Å². The zero-order chi connectivity index (χ0) is 20.2. The molecule has 2 aromatic rings. The van der Waals surface area contributed by atoms with E-state index in [-0.39, 0.29) is 5.78 Å². The molecule has 0 N–H and O–H groups in total. The molecule has 0 bridgehead atoms. The fraction of sp³-hybridized carbons (Fsp3) is 0.292. The molecule has 2 aliphatic rings. The van der Waals surface area contributed by atoms with Gasteiger partial charge in [0, 0.05) is 37.9 Å². The Bertz CT molecular complexity index is 963. The Labute approximate surface area is 171 Å². The number of ketones is 1. The lowest BCUT2D eigenvalue weighted by Crippen LogP contribution is -2.33. The van der Waals surface area contributed by atoms with Crippen LogP contribution < -0.4 is 9.47 Å². The van der Waals surface area contributed by atoms with Gasteiger partial charge in [-0.25, -0.2) is 0 Å². The van der Waals surface area contributed by atoms with E-state index < -0.39 is 0 Å². The van der Waals surface area contributed by atoms with Gasteiger partial charge >= 0.3 is 0 Å². The lowest BCUT2D eigenvalue weighted by Gasteiger charge is -2.30. The quantitative estimate of drug-likeness (QED) is 0.541. The highest BCUT2D eigenvalue weighted by Gasteiger charge is 2.33. The van der Waals surface area contributed by atoms with E-state index in [1.165, 1.54) is 0 Å². The van der Waals surface area contributed by atoms with Gasteiger partial charge in [0.2, 0.25) is 5.78 Å². The highest BCUT2D eigenvalue weighted by Crippen LogP contribution is 2.42. The Morgan fingerprint density at radius 3 is 2.83 bits per heavy atom. The van der Waals surface area contributed by atoms with Crippen molar-refractivity contribution in [2.45, 2.75) is 19.9 Å². The SMILES string of the molecule is COCCCN1COc2c(cc3c(c2C)O/C(=C\C=C\c2ccccc2)C3=O)C1. The number of hydrogen-bond donors (Lipinski definition) is 0. The van der Waals surface area contributed by atoms with Crippen LogP contribution in [0, 0.1) is 6.92 Å². The molecule has 0 saturated carbocycles. The van der Waals surface area contributed by atoms with Gasteiger partial charge in [0.15, 0.2) is 5.76 Å². The minimum Gasteiger partial charge on any atom is -0.477 e. The summed E-state index contributed by atoms with van der Waals surface area (Å²) in [5, 5.41) is 0. The third kappa shape index (κ3) is 4.11. The number of carbonyl (C=O) groups excluding carboxylic acids is 1. The van der Waals surface area contributed by atoms with Crippen molar-refractivity contribution >= 4 is 11.9 Å². The zero-order valence-corrected chi connectivity index (χ0v) is 16.8. The van der Waals surface area contributed by atoms with Crippen LogP contribution in [0.5, 0.6) is 11.5 Å². The van der Waals surface area contributed by atoms with Crippen molar-refractivity contribution in [3.8, 4) is 11.5 Å². The molecule has 0 fully saturated rings. The molecule has 2 aliphatic heterocycles. The maximum absolute atomic E-state index is 12.9. The minimum absolute atomic E-state index is 0.0832. The van der Waals surface area contributed by atoms with E-state index in [0.29, 0.717) is 23.8 Å². The average molecular weight is 391 g/mol. The van der Waals surface area contributed by atoms with Gasteiger partial charge in [0.1, 0.15) is 18.2 Å². The first-order valence-electron chi connectivity index (χ1n) is 9.84. The Kier molecular flexibility index (Phi) is 5.79. The standard InChI is InChI=1S/C24H25NO4/c1-17-23-19(15-25(16-28-23)12-7-13-27-2)14-20-22(26)21(29-24(17)20)11-6-10-18-8-4-3-5-9-18/h3-6,8-11,14H,7,12-13,15-16H2,1-2H3/b10-6+,21-11-. The second-order valence-corrected chi connectivity index (χ2v) is 7.27. The minimum atomic E-state index is -0.0832. The smallest absolute Gasteiger partial charge is 0.231 e. The van der Waals surface area contributed by atoms with Crippen molar-refractivity contribution in [3.05, 3.63) is 76.6 Å². The first-order valence-corrected chi connectivity index (χ1v) is 9.84. The summed E-state index contributed by atoms with van der Waals surface area (Å²) in [6.45, 7) is 4.86. The lowest BCUT2D eigenvalue weighted by atomic mass is 10.00. The van der Waals surface area contributed by atoms with Crippen LogP contribution in [0.25, 0.3) is 6.08 Å². The summed E-state index contributed by atoms with van der Waals surface area (Å²) in [5.41, 5.74) is 3.60. The highest BCUT2D eigenvalue weighted by atomic mass is 16.5. The van der Waals surface area contributed by atoms with Gasteiger partial charge in [-0.2, -0.15) is 0 Å². The first kappa shape index (κ1) is 19.4.